The van der Waals surface area contributed by atoms with Gasteiger partial charge in [0.05, 0.1) is 30.9 Å². The maximum absolute atomic E-state index is 14.2. The summed E-state index contributed by atoms with van der Waals surface area (Å²) in [5.41, 5.74) is 32.9. The second-order valence-corrected chi connectivity index (χ2v) is 15.2. The number of ether oxygens (including phenoxy) is 3. The molecule has 3 rings (SSSR count). The minimum atomic E-state index is -1.37. The lowest BCUT2D eigenvalue weighted by atomic mass is 10.1. The summed E-state index contributed by atoms with van der Waals surface area (Å²) in [6, 6.07) is 9.58. The van der Waals surface area contributed by atoms with Gasteiger partial charge in [0, 0.05) is 42.7 Å². The van der Waals surface area contributed by atoms with Gasteiger partial charge >= 0.3 is 5.97 Å². The quantitative estimate of drug-likeness (QED) is 0.0180. The van der Waals surface area contributed by atoms with Crippen LogP contribution in [-0.4, -0.2) is 123 Å². The number of methoxy groups -OCH3 is 2. The third-order valence-corrected chi connectivity index (χ3v) is 9.83. The highest BCUT2D eigenvalue weighted by Crippen LogP contribution is 2.27. The number of guanidine groups is 3. The number of nitrogens with zero attached hydrogens (tertiary/aromatic N) is 3. The number of amides is 6. The number of aliphatic imine (C=N–C) groups is 3. The van der Waals surface area contributed by atoms with Crippen LogP contribution >= 0.6 is 0 Å². The van der Waals surface area contributed by atoms with Crippen molar-refractivity contribution in [2.24, 2.45) is 49.4 Å². The fourth-order valence-corrected chi connectivity index (χ4v) is 6.51. The van der Waals surface area contributed by atoms with Gasteiger partial charge in [-0.1, -0.05) is 0 Å². The summed E-state index contributed by atoms with van der Waals surface area (Å²) in [6.45, 7) is 1.48. The van der Waals surface area contributed by atoms with Crippen LogP contribution in [0.15, 0.2) is 69.6 Å². The molecule has 0 aliphatic heterocycles. The molecule has 2 unspecified atom stereocenters. The third kappa shape index (κ3) is 18.8. The fraction of sp³-hybridized carbons (Fsp3) is 0.364. The number of nitrogens with one attached hydrogen (secondary N) is 6. The summed E-state index contributed by atoms with van der Waals surface area (Å²) in [4.78, 5) is 104. The maximum atomic E-state index is 14.2. The van der Waals surface area contributed by atoms with E-state index in [4.69, 9.17) is 48.6 Å². The number of hydrogen-bond acceptors (Lipinski definition) is 13. The van der Waals surface area contributed by atoms with E-state index in [2.05, 4.69) is 46.9 Å². The molecule has 0 bridgehead atoms. The van der Waals surface area contributed by atoms with Crippen molar-refractivity contribution < 1.29 is 52.9 Å². The number of carboxylic acids is 1. The van der Waals surface area contributed by atoms with Crippen LogP contribution in [0.25, 0.3) is 0 Å². The second kappa shape index (κ2) is 28.4. The smallest absolute Gasteiger partial charge is 0.341 e. The van der Waals surface area contributed by atoms with Gasteiger partial charge in [-0.3, -0.25) is 43.7 Å². The normalized spacial score (nSPS) is 11.7. The Kier molecular flexibility index (Phi) is 22.5. The number of carboxylic acid groups (broad SMARTS) is 1. The van der Waals surface area contributed by atoms with Crippen molar-refractivity contribution in [3.63, 3.8) is 0 Å². The zero-order valence-corrected chi connectivity index (χ0v) is 38.9. The molecule has 3 aromatic rings. The number of carbonyl (C=O) groups is 7. The summed E-state index contributed by atoms with van der Waals surface area (Å²) >= 11 is 0. The lowest BCUT2D eigenvalue weighted by Crippen LogP contribution is -2.44. The van der Waals surface area contributed by atoms with Crippen LogP contribution in [-0.2, 0) is 19.2 Å². The minimum absolute atomic E-state index is 0.00284. The summed E-state index contributed by atoms with van der Waals surface area (Å²) in [5.74, 6) is -5.34. The molecular formula is C44H61N15O11. The molecule has 0 aromatic heterocycles. The lowest BCUT2D eigenvalue weighted by molar-refractivity contribution is -0.139. The number of carbonyl (C=O) groups excluding carboxylic acids is 6. The topological polar surface area (TPSA) is 433 Å². The van der Waals surface area contributed by atoms with E-state index in [0.29, 0.717) is 25.8 Å². The van der Waals surface area contributed by atoms with Crippen LogP contribution in [0.1, 0.15) is 76.5 Å². The Hall–Kier alpha value is -8.84. The first kappa shape index (κ1) is 55.5. The average Bonchev–Trinajstić information content (AvgIpc) is 3.31. The highest BCUT2D eigenvalue weighted by Gasteiger charge is 2.27. The van der Waals surface area contributed by atoms with Crippen molar-refractivity contribution >= 4 is 76.9 Å². The largest absolute Gasteiger partial charge is 0.496 e. The Morgan fingerprint density at radius 1 is 0.586 bits per heavy atom. The maximum Gasteiger partial charge on any atom is 0.341 e. The molecule has 0 heterocycles. The predicted molar refractivity (Wildman–Crippen MR) is 262 cm³/mol. The monoisotopic (exact) mass is 975 g/mol. The van der Waals surface area contributed by atoms with Gasteiger partial charge < -0.3 is 85.6 Å². The van der Waals surface area contributed by atoms with Crippen LogP contribution in [0.2, 0.25) is 0 Å². The molecule has 0 aliphatic carbocycles. The molecule has 70 heavy (non-hydrogen) atoms. The van der Waals surface area contributed by atoms with Gasteiger partial charge in [0.2, 0.25) is 18.2 Å². The van der Waals surface area contributed by atoms with Crippen LogP contribution < -0.4 is 80.5 Å². The number of aliphatic carboxylic acids is 1. The molecule has 0 aliphatic rings. The highest BCUT2D eigenvalue weighted by atomic mass is 16.5. The molecule has 0 saturated carbocycles. The van der Waals surface area contributed by atoms with E-state index in [1.165, 1.54) is 68.8 Å². The zero-order chi connectivity index (χ0) is 51.8. The molecule has 378 valence electrons. The van der Waals surface area contributed by atoms with E-state index in [0.717, 1.165) is 0 Å². The summed E-state index contributed by atoms with van der Waals surface area (Å²) in [6.07, 6.45) is 1.95. The molecule has 0 saturated heterocycles. The van der Waals surface area contributed by atoms with Crippen molar-refractivity contribution in [3.8, 4) is 17.2 Å². The van der Waals surface area contributed by atoms with Crippen LogP contribution in [0.5, 0.6) is 17.2 Å². The zero-order valence-electron chi connectivity index (χ0n) is 38.9. The molecule has 0 fully saturated rings. The molecule has 19 N–H and O–H groups in total. The first-order chi connectivity index (χ1) is 33.3. The SMILES string of the molecule is COc1ccc(NC(=O)C(CCCN=C(N)N)NC(=O)c2cc(NC(=O)[C@H](CCCN=C(N)N)NC(=O)c3cc(NC=O)ccc3OC)ccc2OCC(=O)O)cc1C(=O)NC(C)CCCN=C(N)N. The van der Waals surface area contributed by atoms with E-state index >= 15 is 0 Å². The van der Waals surface area contributed by atoms with Gasteiger partial charge in [-0.2, -0.15) is 0 Å². The van der Waals surface area contributed by atoms with Crippen LogP contribution in [0, 0.1) is 0 Å². The molecule has 3 atom stereocenters. The summed E-state index contributed by atoms with van der Waals surface area (Å²) in [7, 11) is 2.71. The summed E-state index contributed by atoms with van der Waals surface area (Å²) < 4.78 is 16.2. The average molecular weight is 976 g/mol. The van der Waals surface area contributed by atoms with Gasteiger partial charge in [-0.25, -0.2) is 4.79 Å². The highest BCUT2D eigenvalue weighted by molar-refractivity contribution is 6.06. The Morgan fingerprint density at radius 3 is 1.39 bits per heavy atom. The Balaban J connectivity index is 1.95. The van der Waals surface area contributed by atoms with Gasteiger partial charge in [0.25, 0.3) is 17.7 Å². The van der Waals surface area contributed by atoms with Crippen molar-refractivity contribution in [1.82, 2.24) is 16.0 Å². The Labute approximate surface area is 402 Å². The van der Waals surface area contributed by atoms with Crippen molar-refractivity contribution in [1.29, 1.82) is 0 Å². The van der Waals surface area contributed by atoms with Gasteiger partial charge in [0.15, 0.2) is 24.5 Å². The minimum Gasteiger partial charge on any atom is -0.496 e. The fourth-order valence-electron chi connectivity index (χ4n) is 6.51. The van der Waals surface area contributed by atoms with Crippen LogP contribution in [0.3, 0.4) is 0 Å². The third-order valence-electron chi connectivity index (χ3n) is 9.83. The van der Waals surface area contributed by atoms with Gasteiger partial charge in [-0.05, 0) is 100 Å². The first-order valence-electron chi connectivity index (χ1n) is 21.6. The van der Waals surface area contributed by atoms with Gasteiger partial charge in [0.1, 0.15) is 29.3 Å². The molecule has 26 nitrogen and oxygen atoms in total. The number of anilines is 3. The molecule has 3 aromatic carbocycles. The first-order valence-corrected chi connectivity index (χ1v) is 21.6. The van der Waals surface area contributed by atoms with E-state index in [-0.39, 0.29) is 114 Å². The number of benzene rings is 3. The molecule has 0 radical (unpaired) electrons. The van der Waals surface area contributed by atoms with E-state index in [1.54, 1.807) is 6.92 Å². The van der Waals surface area contributed by atoms with Crippen molar-refractivity contribution in [2.75, 3.05) is 56.4 Å². The Morgan fingerprint density at radius 2 is 0.971 bits per heavy atom. The second-order valence-electron chi connectivity index (χ2n) is 15.2. The van der Waals surface area contributed by atoms with Crippen LogP contribution in [0.4, 0.5) is 17.1 Å². The van der Waals surface area contributed by atoms with Crippen molar-refractivity contribution in [3.05, 3.63) is 71.3 Å². The number of rotatable bonds is 29. The Bertz CT molecular complexity index is 2420. The summed E-state index contributed by atoms with van der Waals surface area (Å²) in [5, 5.41) is 25.4. The molecule has 26 heteroatoms. The number of nitrogens with two attached hydrogens (primary N) is 6. The lowest BCUT2D eigenvalue weighted by Gasteiger charge is -2.21. The van der Waals surface area contributed by atoms with Gasteiger partial charge in [-0.15, -0.1) is 0 Å². The predicted octanol–water partition coefficient (Wildman–Crippen LogP) is -0.511. The number of hydrogen-bond donors (Lipinski definition) is 13. The van der Waals surface area contributed by atoms with Crippen molar-refractivity contribution in [2.45, 2.75) is 63.6 Å². The molecule has 6 amide bonds. The van der Waals surface area contributed by atoms with E-state index < -0.39 is 54.2 Å². The molecular weight excluding hydrogens is 915 g/mol. The van der Waals surface area contributed by atoms with E-state index in [1.807, 2.05) is 0 Å². The standard InChI is InChI=1S/C44H61N15O11/c1-24(7-4-16-51-42(45)46)55-37(63)29-20-26(11-14-34(29)69-3)56-41(67)32(9-6-18-53-44(49)50)59-39(65)30-21-27(12-15-35(30)70-22-36(61)62)57-40(66)31(8-5-17-52-43(47)48)58-38(64)28-19-25(54-23-60)10-13-33(28)68-2/h10-15,19-21,23-24,31-32H,4-9,16-18,22H2,1-3H3,(H,54,60)(H,55,63)(H,56,67)(H,57,66)(H,58,64)(H,59,65)(H,61,62)(H4,45,46,51)(H4,47,48,52)(H4,49,50,53)/t24?,31-,32?/m0/s1. The molecule has 0 spiro atoms. The van der Waals surface area contributed by atoms with E-state index in [9.17, 15) is 38.7 Å².